The average molecular weight is 356 g/mol. The van der Waals surface area contributed by atoms with E-state index in [0.29, 0.717) is 17.9 Å². The van der Waals surface area contributed by atoms with E-state index in [4.69, 9.17) is 5.73 Å². The van der Waals surface area contributed by atoms with Crippen molar-refractivity contribution < 1.29 is 4.79 Å². The van der Waals surface area contributed by atoms with Gasteiger partial charge in [0.05, 0.1) is 6.04 Å². The van der Waals surface area contributed by atoms with E-state index in [1.165, 1.54) is 43.4 Å². The van der Waals surface area contributed by atoms with E-state index in [-0.39, 0.29) is 17.9 Å². The maximum Gasteiger partial charge on any atom is 0.223 e. The van der Waals surface area contributed by atoms with Crippen LogP contribution in [-0.4, -0.2) is 25.0 Å². The van der Waals surface area contributed by atoms with Crippen molar-refractivity contribution in [1.82, 2.24) is 5.32 Å². The highest BCUT2D eigenvalue weighted by molar-refractivity contribution is 5.79. The molecule has 3 unspecified atom stereocenters. The van der Waals surface area contributed by atoms with Crippen molar-refractivity contribution >= 4 is 11.6 Å². The second kappa shape index (κ2) is 7.59. The highest BCUT2D eigenvalue weighted by Crippen LogP contribution is 2.42. The monoisotopic (exact) mass is 355 g/mol. The molecule has 0 radical (unpaired) electrons. The molecule has 1 saturated heterocycles. The van der Waals surface area contributed by atoms with Crippen molar-refractivity contribution in [2.45, 2.75) is 64.0 Å². The number of amides is 1. The molecule has 142 valence electrons. The fourth-order valence-corrected chi connectivity index (χ4v) is 5.38. The molecule has 1 heterocycles. The van der Waals surface area contributed by atoms with Crippen LogP contribution in [0, 0.1) is 17.8 Å². The largest absolute Gasteiger partial charge is 0.372 e. The highest BCUT2D eigenvalue weighted by Gasteiger charge is 2.40. The summed E-state index contributed by atoms with van der Waals surface area (Å²) in [4.78, 5) is 15.3. The van der Waals surface area contributed by atoms with Crippen molar-refractivity contribution in [1.29, 1.82) is 0 Å². The molecule has 1 aliphatic heterocycles. The van der Waals surface area contributed by atoms with Gasteiger partial charge in [-0.25, -0.2) is 0 Å². The van der Waals surface area contributed by atoms with Crippen molar-refractivity contribution in [2.24, 2.45) is 23.5 Å². The van der Waals surface area contributed by atoms with E-state index in [1.807, 2.05) is 0 Å². The predicted octanol–water partition coefficient (Wildman–Crippen LogP) is 3.62. The minimum absolute atomic E-state index is 0.0560. The third-order valence-corrected chi connectivity index (χ3v) is 6.98. The summed E-state index contributed by atoms with van der Waals surface area (Å²) in [6, 6.07) is 9.07. The van der Waals surface area contributed by atoms with Crippen LogP contribution < -0.4 is 16.0 Å². The highest BCUT2D eigenvalue weighted by atomic mass is 16.1. The Kier molecular flexibility index (Phi) is 5.21. The Labute approximate surface area is 157 Å². The summed E-state index contributed by atoms with van der Waals surface area (Å²) in [5, 5.41) is 3.29. The zero-order valence-electron chi connectivity index (χ0n) is 16.0. The molecule has 2 bridgehead atoms. The quantitative estimate of drug-likeness (QED) is 0.867. The van der Waals surface area contributed by atoms with Crippen LogP contribution in [0.15, 0.2) is 24.3 Å². The maximum absolute atomic E-state index is 12.9. The molecular weight excluding hydrogens is 322 g/mol. The van der Waals surface area contributed by atoms with Crippen LogP contribution in [-0.2, 0) is 4.79 Å². The Bertz CT molecular complexity index is 626. The minimum Gasteiger partial charge on any atom is -0.372 e. The smallest absolute Gasteiger partial charge is 0.223 e. The van der Waals surface area contributed by atoms with Gasteiger partial charge in [0.25, 0.3) is 0 Å². The normalized spacial score (nSPS) is 32.3. The second-order valence-corrected chi connectivity index (χ2v) is 8.72. The number of anilines is 1. The minimum atomic E-state index is 0.0560. The van der Waals surface area contributed by atoms with Crippen LogP contribution in [0.3, 0.4) is 0 Å². The molecular formula is C22H33N3O. The number of fused-ring (bicyclic) bond motifs is 2. The van der Waals surface area contributed by atoms with E-state index in [1.54, 1.807) is 0 Å². The molecule has 26 heavy (non-hydrogen) atoms. The number of hydrogen-bond acceptors (Lipinski definition) is 3. The number of rotatable bonds is 4. The summed E-state index contributed by atoms with van der Waals surface area (Å²) in [6.45, 7) is 4.40. The number of nitrogens with zero attached hydrogens (tertiary/aromatic N) is 1. The SMILES string of the molecule is CC(NC(=O)C1CC2CCCC(C1)C2N)c1cccc(N2CCCC2)c1. The molecule has 4 heteroatoms. The summed E-state index contributed by atoms with van der Waals surface area (Å²) < 4.78 is 0. The molecule has 1 aromatic rings. The third-order valence-electron chi connectivity index (χ3n) is 6.98. The molecule has 0 spiro atoms. The first kappa shape index (κ1) is 17.8. The van der Waals surface area contributed by atoms with Crippen molar-refractivity contribution in [3.63, 3.8) is 0 Å². The van der Waals surface area contributed by atoms with Gasteiger partial charge in [-0.05, 0) is 75.0 Å². The molecule has 4 nitrogen and oxygen atoms in total. The number of nitrogens with two attached hydrogens (primary N) is 1. The van der Waals surface area contributed by atoms with Crippen LogP contribution in [0.5, 0.6) is 0 Å². The standard InChI is InChI=1S/C22H33N3O/c1-15(16-6-5-9-20(14-16)25-10-2-3-11-25)24-22(26)19-12-17-7-4-8-18(13-19)21(17)23/h5-6,9,14-15,17-19,21H,2-4,7-8,10-13,23H2,1H3,(H,24,26). The number of hydrogen-bond donors (Lipinski definition) is 2. The van der Waals surface area contributed by atoms with Gasteiger partial charge in [-0.1, -0.05) is 18.6 Å². The van der Waals surface area contributed by atoms with E-state index in [0.717, 1.165) is 25.9 Å². The fraction of sp³-hybridized carbons (Fsp3) is 0.682. The van der Waals surface area contributed by atoms with Crippen LogP contribution in [0.4, 0.5) is 5.69 Å². The lowest BCUT2D eigenvalue weighted by Crippen LogP contribution is -2.49. The maximum atomic E-state index is 12.9. The lowest BCUT2D eigenvalue weighted by molar-refractivity contribution is -0.128. The van der Waals surface area contributed by atoms with E-state index >= 15 is 0 Å². The molecule has 3 fully saturated rings. The molecule has 2 saturated carbocycles. The van der Waals surface area contributed by atoms with Gasteiger partial charge in [0.1, 0.15) is 0 Å². The van der Waals surface area contributed by atoms with Gasteiger partial charge in [0.15, 0.2) is 0 Å². The van der Waals surface area contributed by atoms with E-state index < -0.39 is 0 Å². The first-order chi connectivity index (χ1) is 12.6. The topological polar surface area (TPSA) is 58.4 Å². The summed E-state index contributed by atoms with van der Waals surface area (Å²) in [5.74, 6) is 1.47. The Balaban J connectivity index is 1.39. The number of nitrogens with one attached hydrogen (secondary N) is 1. The second-order valence-electron chi connectivity index (χ2n) is 8.72. The fourth-order valence-electron chi connectivity index (χ4n) is 5.38. The van der Waals surface area contributed by atoms with Crippen molar-refractivity contribution in [2.75, 3.05) is 18.0 Å². The Morgan fingerprint density at radius 2 is 1.85 bits per heavy atom. The van der Waals surface area contributed by atoms with Gasteiger partial charge in [-0.2, -0.15) is 0 Å². The third kappa shape index (κ3) is 3.62. The van der Waals surface area contributed by atoms with Crippen LogP contribution in [0.1, 0.15) is 63.5 Å². The summed E-state index contributed by atoms with van der Waals surface area (Å²) in [6.07, 6.45) is 8.21. The molecule has 3 aliphatic rings. The summed E-state index contributed by atoms with van der Waals surface area (Å²) in [5.41, 5.74) is 8.87. The van der Waals surface area contributed by atoms with Crippen LogP contribution in [0.25, 0.3) is 0 Å². The first-order valence-corrected chi connectivity index (χ1v) is 10.5. The first-order valence-electron chi connectivity index (χ1n) is 10.5. The number of benzene rings is 1. The molecule has 4 rings (SSSR count). The number of carbonyl (C=O) groups is 1. The molecule has 3 N–H and O–H groups in total. The van der Waals surface area contributed by atoms with Gasteiger partial charge < -0.3 is 16.0 Å². The van der Waals surface area contributed by atoms with Gasteiger partial charge in [-0.15, -0.1) is 0 Å². The van der Waals surface area contributed by atoms with E-state index in [2.05, 4.69) is 41.4 Å². The lowest BCUT2D eigenvalue weighted by Gasteiger charge is -2.43. The molecule has 0 aromatic heterocycles. The summed E-state index contributed by atoms with van der Waals surface area (Å²) in [7, 11) is 0. The number of carbonyl (C=O) groups excluding carboxylic acids is 1. The van der Waals surface area contributed by atoms with Gasteiger partial charge >= 0.3 is 0 Å². The molecule has 3 atom stereocenters. The van der Waals surface area contributed by atoms with Crippen LogP contribution >= 0.6 is 0 Å². The Morgan fingerprint density at radius 1 is 1.15 bits per heavy atom. The van der Waals surface area contributed by atoms with Crippen LogP contribution in [0.2, 0.25) is 0 Å². The average Bonchev–Trinajstić information content (AvgIpc) is 3.16. The molecule has 1 amide bonds. The zero-order valence-corrected chi connectivity index (χ0v) is 16.0. The zero-order chi connectivity index (χ0) is 18.1. The molecule has 2 aliphatic carbocycles. The Hall–Kier alpha value is -1.55. The summed E-state index contributed by atoms with van der Waals surface area (Å²) >= 11 is 0. The van der Waals surface area contributed by atoms with Gasteiger partial charge in [0.2, 0.25) is 5.91 Å². The van der Waals surface area contributed by atoms with Crippen molar-refractivity contribution in [3.8, 4) is 0 Å². The van der Waals surface area contributed by atoms with Crippen molar-refractivity contribution in [3.05, 3.63) is 29.8 Å². The van der Waals surface area contributed by atoms with Gasteiger partial charge in [-0.3, -0.25) is 4.79 Å². The van der Waals surface area contributed by atoms with Gasteiger partial charge in [0, 0.05) is 30.7 Å². The lowest BCUT2D eigenvalue weighted by atomic mass is 9.65. The predicted molar refractivity (Wildman–Crippen MR) is 106 cm³/mol. The molecule has 1 aromatic carbocycles. The Morgan fingerprint density at radius 3 is 2.54 bits per heavy atom. The van der Waals surface area contributed by atoms with E-state index in [9.17, 15) is 4.79 Å².